The number of halogens is 2. The molecule has 1 aromatic rings. The zero-order valence-corrected chi connectivity index (χ0v) is 12.1. The van der Waals surface area contributed by atoms with Crippen LogP contribution in [0.25, 0.3) is 0 Å². The monoisotopic (exact) mass is 310 g/mol. The van der Waals surface area contributed by atoms with Crippen molar-refractivity contribution in [3.8, 4) is 0 Å². The molecule has 118 valence electrons. The van der Waals surface area contributed by atoms with Gasteiger partial charge in [0.05, 0.1) is 0 Å². The number of fused-ring (bicyclic) bond motifs is 1. The third-order valence-corrected chi connectivity index (χ3v) is 4.67. The quantitative estimate of drug-likeness (QED) is 0.887. The van der Waals surface area contributed by atoms with E-state index in [0.717, 1.165) is 12.1 Å². The Morgan fingerprint density at radius 2 is 1.86 bits per heavy atom. The number of nitrogens with zero attached hydrogens (tertiary/aromatic N) is 2. The van der Waals surface area contributed by atoms with Crippen LogP contribution in [0.1, 0.15) is 10.4 Å². The molecule has 3 rings (SSSR count). The predicted octanol–water partition coefficient (Wildman–Crippen LogP) is 1.05. The first-order valence-electron chi connectivity index (χ1n) is 7.00. The van der Waals surface area contributed by atoms with Crippen molar-refractivity contribution in [2.45, 2.75) is 0 Å². The maximum atomic E-state index is 13.7. The topological polar surface area (TPSA) is 60.9 Å². The average molecular weight is 310 g/mol. The van der Waals surface area contributed by atoms with Crippen LogP contribution in [0.4, 0.5) is 8.78 Å². The number of carboxylic acids is 1. The number of hydrogen-bond donors (Lipinski definition) is 1. The Kier molecular flexibility index (Phi) is 3.40. The van der Waals surface area contributed by atoms with Gasteiger partial charge in [0, 0.05) is 32.1 Å². The van der Waals surface area contributed by atoms with Crippen LogP contribution in [0.3, 0.4) is 0 Å². The van der Waals surface area contributed by atoms with Crippen molar-refractivity contribution in [3.63, 3.8) is 0 Å². The summed E-state index contributed by atoms with van der Waals surface area (Å²) < 4.78 is 27.5. The van der Waals surface area contributed by atoms with E-state index in [0.29, 0.717) is 13.1 Å². The van der Waals surface area contributed by atoms with Gasteiger partial charge in [-0.3, -0.25) is 9.59 Å². The smallest absolute Gasteiger partial charge is 0.313 e. The van der Waals surface area contributed by atoms with Gasteiger partial charge in [0.1, 0.15) is 22.6 Å². The molecular formula is C15H16F2N2O3. The zero-order valence-electron chi connectivity index (χ0n) is 12.1. The van der Waals surface area contributed by atoms with Crippen LogP contribution in [0.15, 0.2) is 18.2 Å². The molecule has 2 saturated heterocycles. The second kappa shape index (κ2) is 5.01. The first-order valence-corrected chi connectivity index (χ1v) is 7.00. The summed E-state index contributed by atoms with van der Waals surface area (Å²) >= 11 is 0. The lowest BCUT2D eigenvalue weighted by Crippen LogP contribution is -2.41. The molecule has 1 unspecified atom stereocenters. The van der Waals surface area contributed by atoms with Gasteiger partial charge in [-0.25, -0.2) is 8.78 Å². The van der Waals surface area contributed by atoms with Gasteiger partial charge >= 0.3 is 5.97 Å². The van der Waals surface area contributed by atoms with E-state index < -0.39 is 34.5 Å². The fraction of sp³-hybridized carbons (Fsp3) is 0.467. The summed E-state index contributed by atoms with van der Waals surface area (Å²) in [5.74, 6) is -3.83. The van der Waals surface area contributed by atoms with Gasteiger partial charge in [-0.05, 0) is 19.2 Å². The Bertz CT molecular complexity index is 631. The number of rotatable bonds is 2. The molecule has 1 N–H and O–H groups in total. The summed E-state index contributed by atoms with van der Waals surface area (Å²) in [4.78, 5) is 27.2. The van der Waals surface area contributed by atoms with Crippen molar-refractivity contribution in [2.24, 2.45) is 11.3 Å². The molecule has 2 aliphatic rings. The summed E-state index contributed by atoms with van der Waals surface area (Å²) in [6.07, 6.45) is 0. The minimum atomic E-state index is -1.05. The Morgan fingerprint density at radius 1 is 1.23 bits per heavy atom. The van der Waals surface area contributed by atoms with Gasteiger partial charge in [-0.15, -0.1) is 0 Å². The van der Waals surface area contributed by atoms with E-state index in [2.05, 4.69) is 0 Å². The minimum Gasteiger partial charge on any atom is -0.481 e. The van der Waals surface area contributed by atoms with Gasteiger partial charge in [0.2, 0.25) is 0 Å². The Hall–Kier alpha value is -2.02. The van der Waals surface area contributed by atoms with Gasteiger partial charge in [-0.2, -0.15) is 0 Å². The molecule has 2 heterocycles. The number of benzene rings is 1. The third-order valence-electron chi connectivity index (χ3n) is 4.67. The molecule has 0 spiro atoms. The van der Waals surface area contributed by atoms with Crippen molar-refractivity contribution >= 4 is 11.9 Å². The van der Waals surface area contributed by atoms with Crippen molar-refractivity contribution in [1.82, 2.24) is 9.80 Å². The normalized spacial score (nSPS) is 28.0. The van der Waals surface area contributed by atoms with E-state index in [4.69, 9.17) is 0 Å². The van der Waals surface area contributed by atoms with Crippen molar-refractivity contribution in [3.05, 3.63) is 35.4 Å². The molecular weight excluding hydrogens is 294 g/mol. The molecule has 0 aliphatic carbocycles. The summed E-state index contributed by atoms with van der Waals surface area (Å²) in [5, 5.41) is 9.56. The lowest BCUT2D eigenvalue weighted by atomic mass is 9.81. The van der Waals surface area contributed by atoms with Crippen LogP contribution in [0.5, 0.6) is 0 Å². The molecule has 2 atom stereocenters. The van der Waals surface area contributed by atoms with Gasteiger partial charge in [-0.1, -0.05) is 6.07 Å². The van der Waals surface area contributed by atoms with Crippen molar-refractivity contribution in [2.75, 3.05) is 33.2 Å². The van der Waals surface area contributed by atoms with Crippen LogP contribution < -0.4 is 0 Å². The fourth-order valence-corrected chi connectivity index (χ4v) is 3.63. The van der Waals surface area contributed by atoms with Crippen LogP contribution in [0.2, 0.25) is 0 Å². The summed E-state index contributed by atoms with van der Waals surface area (Å²) in [6.45, 7) is 1.06. The number of amides is 1. The van der Waals surface area contributed by atoms with Crippen molar-refractivity contribution in [1.29, 1.82) is 0 Å². The highest BCUT2D eigenvalue weighted by Crippen LogP contribution is 2.42. The predicted molar refractivity (Wildman–Crippen MR) is 73.3 cm³/mol. The van der Waals surface area contributed by atoms with E-state index >= 15 is 0 Å². The van der Waals surface area contributed by atoms with Crippen LogP contribution in [0, 0.1) is 23.0 Å². The van der Waals surface area contributed by atoms with Crippen LogP contribution in [-0.2, 0) is 4.79 Å². The number of carboxylic acid groups (broad SMARTS) is 1. The van der Waals surface area contributed by atoms with Gasteiger partial charge in [0.15, 0.2) is 0 Å². The van der Waals surface area contributed by atoms with Crippen LogP contribution in [-0.4, -0.2) is 60.0 Å². The first-order chi connectivity index (χ1) is 10.3. The summed E-state index contributed by atoms with van der Waals surface area (Å²) in [5.41, 5.74) is -1.66. The zero-order chi connectivity index (χ0) is 16.1. The SMILES string of the molecule is CN1CC2CN(C(=O)c3c(F)cccc3F)C[C@@]2(C(=O)O)C1. The van der Waals surface area contributed by atoms with E-state index in [9.17, 15) is 23.5 Å². The van der Waals surface area contributed by atoms with E-state index in [1.165, 1.54) is 11.0 Å². The Balaban J connectivity index is 1.90. The molecule has 2 fully saturated rings. The van der Waals surface area contributed by atoms with Crippen LogP contribution >= 0.6 is 0 Å². The highest BCUT2D eigenvalue weighted by Gasteiger charge is 2.58. The molecule has 1 aromatic carbocycles. The average Bonchev–Trinajstić information content (AvgIpc) is 2.92. The Morgan fingerprint density at radius 3 is 2.41 bits per heavy atom. The second-order valence-electron chi connectivity index (χ2n) is 6.14. The van der Waals surface area contributed by atoms with Gasteiger partial charge < -0.3 is 14.9 Å². The van der Waals surface area contributed by atoms with Crippen molar-refractivity contribution < 1.29 is 23.5 Å². The second-order valence-corrected chi connectivity index (χ2v) is 6.14. The number of hydrogen-bond acceptors (Lipinski definition) is 3. The number of likely N-dealkylation sites (tertiary alicyclic amines) is 2. The molecule has 0 bridgehead atoms. The molecule has 2 aliphatic heterocycles. The fourth-order valence-electron chi connectivity index (χ4n) is 3.63. The largest absolute Gasteiger partial charge is 0.481 e. The highest BCUT2D eigenvalue weighted by atomic mass is 19.1. The molecule has 1 amide bonds. The van der Waals surface area contributed by atoms with E-state index in [-0.39, 0.29) is 19.0 Å². The molecule has 22 heavy (non-hydrogen) atoms. The lowest BCUT2D eigenvalue weighted by Gasteiger charge is -2.24. The first kappa shape index (κ1) is 14.9. The number of carbonyl (C=O) groups excluding carboxylic acids is 1. The highest BCUT2D eigenvalue weighted by molar-refractivity contribution is 5.95. The molecule has 0 radical (unpaired) electrons. The third kappa shape index (κ3) is 2.08. The van der Waals surface area contributed by atoms with Gasteiger partial charge in [0.25, 0.3) is 5.91 Å². The summed E-state index contributed by atoms with van der Waals surface area (Å²) in [6, 6.07) is 3.23. The number of aliphatic carboxylic acids is 1. The molecule has 5 nitrogen and oxygen atoms in total. The Labute approximate surface area is 126 Å². The summed E-state index contributed by atoms with van der Waals surface area (Å²) in [7, 11) is 1.83. The maximum absolute atomic E-state index is 13.7. The molecule has 7 heteroatoms. The number of carbonyl (C=O) groups is 2. The van der Waals surface area contributed by atoms with E-state index in [1.54, 1.807) is 0 Å². The standard InChI is InChI=1S/C15H16F2N2O3/c1-18-5-9-6-19(8-15(9,7-18)14(21)22)13(20)12-10(16)3-2-4-11(12)17/h2-4,9H,5-8H2,1H3,(H,21,22)/t9?,15-/m0/s1. The lowest BCUT2D eigenvalue weighted by molar-refractivity contribution is -0.148. The molecule has 0 aromatic heterocycles. The van der Waals surface area contributed by atoms with E-state index in [1.807, 2.05) is 11.9 Å². The molecule has 0 saturated carbocycles. The maximum Gasteiger partial charge on any atom is 0.313 e. The minimum absolute atomic E-state index is 0.0239.